The Morgan fingerprint density at radius 2 is 1.71 bits per heavy atom. The largest absolute Gasteiger partial charge is 0.483 e. The standard InChI is InChI=1S/C26H25FN2O5/c1-16-13-20(17(2)29(16)18-11-12-18)23(30)14-34-26(32)19-7-3-6-10-24(19)33-15-25(31)28-22-9-5-4-8-21(22)27/h3-10,13,18H,11-12,14-15H2,1-2H3,(H,28,31). The summed E-state index contributed by atoms with van der Waals surface area (Å²) in [4.78, 5) is 37.5. The van der Waals surface area contributed by atoms with Crippen molar-refractivity contribution in [1.82, 2.24) is 4.57 Å². The minimum atomic E-state index is -0.741. The lowest BCUT2D eigenvalue weighted by molar-refractivity contribution is -0.118. The van der Waals surface area contributed by atoms with Crippen LogP contribution in [0.1, 0.15) is 51.0 Å². The average Bonchev–Trinajstić information content (AvgIpc) is 3.61. The second-order valence-corrected chi connectivity index (χ2v) is 8.20. The first-order valence-corrected chi connectivity index (χ1v) is 11.0. The topological polar surface area (TPSA) is 86.6 Å². The summed E-state index contributed by atoms with van der Waals surface area (Å²) in [5.41, 5.74) is 2.56. The summed E-state index contributed by atoms with van der Waals surface area (Å²) in [5.74, 6) is -2.06. The number of halogens is 1. The molecule has 0 radical (unpaired) electrons. The van der Waals surface area contributed by atoms with Crippen LogP contribution < -0.4 is 10.1 Å². The van der Waals surface area contributed by atoms with E-state index in [0.717, 1.165) is 24.2 Å². The van der Waals surface area contributed by atoms with Crippen molar-refractivity contribution in [3.8, 4) is 5.75 Å². The SMILES string of the molecule is Cc1cc(C(=O)COC(=O)c2ccccc2OCC(=O)Nc2ccccc2F)c(C)n1C1CC1. The van der Waals surface area contributed by atoms with E-state index in [2.05, 4.69) is 9.88 Å². The molecule has 0 aliphatic heterocycles. The van der Waals surface area contributed by atoms with Gasteiger partial charge in [-0.25, -0.2) is 9.18 Å². The normalized spacial score (nSPS) is 12.8. The van der Waals surface area contributed by atoms with Crippen LogP contribution in [0.2, 0.25) is 0 Å². The van der Waals surface area contributed by atoms with Gasteiger partial charge >= 0.3 is 5.97 Å². The van der Waals surface area contributed by atoms with Crippen LogP contribution in [0.3, 0.4) is 0 Å². The number of ether oxygens (including phenoxy) is 2. The molecule has 2 aromatic carbocycles. The molecule has 1 amide bonds. The molecule has 176 valence electrons. The van der Waals surface area contributed by atoms with E-state index in [1.54, 1.807) is 18.2 Å². The Morgan fingerprint density at radius 3 is 2.44 bits per heavy atom. The number of benzene rings is 2. The number of nitrogens with zero attached hydrogens (tertiary/aromatic N) is 1. The molecule has 0 bridgehead atoms. The van der Waals surface area contributed by atoms with Gasteiger partial charge in [-0.3, -0.25) is 9.59 Å². The number of para-hydroxylation sites is 2. The number of carbonyl (C=O) groups is 3. The van der Waals surface area contributed by atoms with Crippen LogP contribution in [0.4, 0.5) is 10.1 Å². The first kappa shape index (κ1) is 23.2. The third-order valence-corrected chi connectivity index (χ3v) is 5.64. The van der Waals surface area contributed by atoms with Crippen molar-refractivity contribution in [2.45, 2.75) is 32.7 Å². The summed E-state index contributed by atoms with van der Waals surface area (Å²) < 4.78 is 26.6. The van der Waals surface area contributed by atoms with Crippen LogP contribution in [-0.2, 0) is 9.53 Å². The molecule has 1 aliphatic carbocycles. The summed E-state index contributed by atoms with van der Waals surface area (Å²) in [6.07, 6.45) is 2.21. The van der Waals surface area contributed by atoms with Gasteiger partial charge in [0.25, 0.3) is 5.91 Å². The number of hydrogen-bond donors (Lipinski definition) is 1. The molecule has 1 aromatic heterocycles. The zero-order valence-corrected chi connectivity index (χ0v) is 19.0. The number of ketones is 1. The second kappa shape index (κ2) is 9.91. The summed E-state index contributed by atoms with van der Waals surface area (Å²) >= 11 is 0. The van der Waals surface area contributed by atoms with Gasteiger partial charge in [-0.1, -0.05) is 24.3 Å². The first-order chi connectivity index (χ1) is 16.3. The number of esters is 1. The average molecular weight is 464 g/mol. The highest BCUT2D eigenvalue weighted by Crippen LogP contribution is 2.38. The number of amides is 1. The van der Waals surface area contributed by atoms with E-state index in [1.165, 1.54) is 30.3 Å². The Bertz CT molecular complexity index is 1250. The van der Waals surface area contributed by atoms with Crippen molar-refractivity contribution in [3.05, 3.63) is 82.9 Å². The van der Waals surface area contributed by atoms with Crippen LogP contribution in [0.25, 0.3) is 0 Å². The number of carbonyl (C=O) groups excluding carboxylic acids is 3. The lowest BCUT2D eigenvalue weighted by atomic mass is 10.1. The quantitative estimate of drug-likeness (QED) is 0.368. The summed E-state index contributed by atoms with van der Waals surface area (Å²) in [6.45, 7) is 3.01. The monoisotopic (exact) mass is 464 g/mol. The Hall–Kier alpha value is -3.94. The predicted octanol–water partition coefficient (Wildman–Crippen LogP) is 4.64. The fourth-order valence-corrected chi connectivity index (χ4v) is 3.89. The van der Waals surface area contributed by atoms with E-state index in [1.807, 2.05) is 19.9 Å². The van der Waals surface area contributed by atoms with Gasteiger partial charge in [0.2, 0.25) is 5.78 Å². The predicted molar refractivity (Wildman–Crippen MR) is 124 cm³/mol. The third-order valence-electron chi connectivity index (χ3n) is 5.64. The third kappa shape index (κ3) is 5.17. The minimum Gasteiger partial charge on any atom is -0.483 e. The van der Waals surface area contributed by atoms with Gasteiger partial charge < -0.3 is 19.4 Å². The Balaban J connectivity index is 1.36. The number of anilines is 1. The molecule has 0 spiro atoms. The molecule has 1 fully saturated rings. The number of aryl methyl sites for hydroxylation is 1. The van der Waals surface area contributed by atoms with Gasteiger partial charge in [-0.15, -0.1) is 0 Å². The second-order valence-electron chi connectivity index (χ2n) is 8.20. The molecule has 4 rings (SSSR count). The zero-order valence-electron chi connectivity index (χ0n) is 19.0. The van der Waals surface area contributed by atoms with E-state index >= 15 is 0 Å². The van der Waals surface area contributed by atoms with Crippen LogP contribution in [0, 0.1) is 19.7 Å². The van der Waals surface area contributed by atoms with E-state index < -0.39 is 30.9 Å². The van der Waals surface area contributed by atoms with E-state index in [-0.39, 0.29) is 22.8 Å². The molecule has 0 atom stereocenters. The molecule has 1 aliphatic rings. The summed E-state index contributed by atoms with van der Waals surface area (Å²) in [5, 5.41) is 2.41. The molecule has 1 saturated carbocycles. The smallest absolute Gasteiger partial charge is 0.342 e. The molecule has 34 heavy (non-hydrogen) atoms. The summed E-state index contributed by atoms with van der Waals surface area (Å²) in [6, 6.07) is 14.3. The van der Waals surface area contributed by atoms with Gasteiger partial charge in [-0.05, 0) is 57.0 Å². The summed E-state index contributed by atoms with van der Waals surface area (Å²) in [7, 11) is 0. The Labute approximate surface area is 196 Å². The number of aromatic nitrogens is 1. The highest BCUT2D eigenvalue weighted by atomic mass is 19.1. The van der Waals surface area contributed by atoms with E-state index in [4.69, 9.17) is 9.47 Å². The molecule has 1 heterocycles. The molecule has 0 unspecified atom stereocenters. The maximum absolute atomic E-state index is 13.7. The Kier molecular flexibility index (Phi) is 6.77. The Morgan fingerprint density at radius 1 is 1.00 bits per heavy atom. The first-order valence-electron chi connectivity index (χ1n) is 11.0. The highest BCUT2D eigenvalue weighted by Gasteiger charge is 2.28. The maximum Gasteiger partial charge on any atom is 0.342 e. The number of hydrogen-bond acceptors (Lipinski definition) is 5. The molecular formula is C26H25FN2O5. The lowest BCUT2D eigenvalue weighted by Crippen LogP contribution is -2.22. The number of rotatable bonds is 9. The molecule has 1 N–H and O–H groups in total. The highest BCUT2D eigenvalue weighted by molar-refractivity contribution is 6.01. The van der Waals surface area contributed by atoms with Gasteiger partial charge in [0.15, 0.2) is 13.2 Å². The maximum atomic E-state index is 13.7. The molecular weight excluding hydrogens is 439 g/mol. The van der Waals surface area contributed by atoms with E-state index in [0.29, 0.717) is 11.6 Å². The van der Waals surface area contributed by atoms with Gasteiger partial charge in [-0.2, -0.15) is 0 Å². The van der Waals surface area contributed by atoms with Gasteiger partial charge in [0.05, 0.1) is 5.69 Å². The fourth-order valence-electron chi connectivity index (χ4n) is 3.89. The molecule has 3 aromatic rings. The van der Waals surface area contributed by atoms with Crippen molar-refractivity contribution in [2.24, 2.45) is 0 Å². The van der Waals surface area contributed by atoms with Crippen LogP contribution in [0.15, 0.2) is 54.6 Å². The molecule has 0 saturated heterocycles. The number of nitrogens with one attached hydrogen (secondary N) is 1. The minimum absolute atomic E-state index is 0.0309. The van der Waals surface area contributed by atoms with Gasteiger partial charge in [0.1, 0.15) is 17.1 Å². The van der Waals surface area contributed by atoms with Crippen molar-refractivity contribution in [2.75, 3.05) is 18.5 Å². The fraction of sp³-hybridized carbons (Fsp3) is 0.269. The lowest BCUT2D eigenvalue weighted by Gasteiger charge is -2.12. The number of Topliss-reactive ketones (excluding diaryl/α,β-unsaturated/α-hetero) is 1. The van der Waals surface area contributed by atoms with Crippen molar-refractivity contribution in [1.29, 1.82) is 0 Å². The molecule has 7 nitrogen and oxygen atoms in total. The van der Waals surface area contributed by atoms with Crippen LogP contribution >= 0.6 is 0 Å². The van der Waals surface area contributed by atoms with Crippen LogP contribution in [0.5, 0.6) is 5.75 Å². The van der Waals surface area contributed by atoms with Gasteiger partial charge in [0, 0.05) is 23.0 Å². The van der Waals surface area contributed by atoms with Crippen molar-refractivity contribution >= 4 is 23.3 Å². The van der Waals surface area contributed by atoms with Crippen molar-refractivity contribution < 1.29 is 28.2 Å². The zero-order chi connectivity index (χ0) is 24.2. The molecule has 8 heteroatoms. The van der Waals surface area contributed by atoms with E-state index in [9.17, 15) is 18.8 Å². The van der Waals surface area contributed by atoms with Crippen LogP contribution in [-0.4, -0.2) is 35.4 Å². The van der Waals surface area contributed by atoms with Crippen molar-refractivity contribution in [3.63, 3.8) is 0 Å².